The maximum absolute atomic E-state index is 12.9. The van der Waals surface area contributed by atoms with E-state index in [1.165, 1.54) is 11.1 Å². The van der Waals surface area contributed by atoms with Gasteiger partial charge in [-0.1, -0.05) is 67.1 Å². The molecule has 5 nitrogen and oxygen atoms in total. The number of aliphatic carboxylic acids is 1. The van der Waals surface area contributed by atoms with Crippen molar-refractivity contribution in [1.82, 2.24) is 4.90 Å². The van der Waals surface area contributed by atoms with E-state index in [4.69, 9.17) is 4.74 Å². The Hall–Kier alpha value is -2.66. The largest absolute Gasteiger partial charge is 0.481 e. The summed E-state index contributed by atoms with van der Waals surface area (Å²) in [5.74, 6) is -1.81. The van der Waals surface area contributed by atoms with E-state index in [0.29, 0.717) is 25.7 Å². The third kappa shape index (κ3) is 6.91. The fraction of sp³-hybridized carbons (Fsp3) is 0.500. The average molecular weight is 452 g/mol. The number of esters is 1. The van der Waals surface area contributed by atoms with Crippen LogP contribution in [0.15, 0.2) is 60.7 Å². The lowest BCUT2D eigenvalue weighted by molar-refractivity contribution is -0.172. The molecule has 0 aromatic heterocycles. The van der Waals surface area contributed by atoms with E-state index in [-0.39, 0.29) is 5.97 Å². The molecule has 2 aromatic rings. The molecule has 1 N–H and O–H groups in total. The van der Waals surface area contributed by atoms with Gasteiger partial charge in [0.2, 0.25) is 0 Å². The lowest BCUT2D eigenvalue weighted by Gasteiger charge is -2.33. The molecule has 0 bridgehead atoms. The van der Waals surface area contributed by atoms with Gasteiger partial charge in [-0.3, -0.25) is 14.5 Å². The van der Waals surface area contributed by atoms with Crippen molar-refractivity contribution in [3.05, 3.63) is 71.8 Å². The summed E-state index contributed by atoms with van der Waals surface area (Å²) in [6.07, 6.45) is 3.05. The topological polar surface area (TPSA) is 66.8 Å². The van der Waals surface area contributed by atoms with Gasteiger partial charge in [-0.05, 0) is 64.1 Å². The molecule has 2 atom stereocenters. The van der Waals surface area contributed by atoms with Crippen LogP contribution in [-0.4, -0.2) is 34.1 Å². The molecule has 1 saturated carbocycles. The summed E-state index contributed by atoms with van der Waals surface area (Å²) in [4.78, 5) is 27.7. The first-order valence-electron chi connectivity index (χ1n) is 12.0. The van der Waals surface area contributed by atoms with E-state index in [0.717, 1.165) is 26.1 Å². The Bertz CT molecular complexity index is 865. The van der Waals surface area contributed by atoms with Crippen LogP contribution >= 0.6 is 0 Å². The first-order chi connectivity index (χ1) is 15.7. The van der Waals surface area contributed by atoms with E-state index in [1.54, 1.807) is 0 Å². The summed E-state index contributed by atoms with van der Waals surface area (Å²) in [7, 11) is 0. The molecule has 0 amide bonds. The zero-order valence-electron chi connectivity index (χ0n) is 20.1. The van der Waals surface area contributed by atoms with Gasteiger partial charge in [-0.25, -0.2) is 0 Å². The van der Waals surface area contributed by atoms with Crippen LogP contribution in [0.3, 0.4) is 0 Å². The molecule has 2 unspecified atom stereocenters. The van der Waals surface area contributed by atoms with E-state index in [1.807, 2.05) is 57.2 Å². The highest BCUT2D eigenvalue weighted by atomic mass is 16.6. The molecule has 1 fully saturated rings. The zero-order chi connectivity index (χ0) is 23.9. The maximum Gasteiger partial charge on any atom is 0.310 e. The highest BCUT2D eigenvalue weighted by molar-refractivity contribution is 5.85. The summed E-state index contributed by atoms with van der Waals surface area (Å²) >= 11 is 0. The van der Waals surface area contributed by atoms with Crippen molar-refractivity contribution in [3.63, 3.8) is 0 Å². The second kappa shape index (κ2) is 11.0. The predicted molar refractivity (Wildman–Crippen MR) is 129 cm³/mol. The van der Waals surface area contributed by atoms with Gasteiger partial charge in [-0.2, -0.15) is 0 Å². The molecule has 0 heterocycles. The highest BCUT2D eigenvalue weighted by Gasteiger charge is 2.53. The minimum absolute atomic E-state index is 0.368. The maximum atomic E-state index is 12.9. The summed E-state index contributed by atoms with van der Waals surface area (Å²) in [6.45, 7) is 7.84. The monoisotopic (exact) mass is 451 g/mol. The van der Waals surface area contributed by atoms with Gasteiger partial charge in [-0.15, -0.1) is 0 Å². The van der Waals surface area contributed by atoms with Crippen molar-refractivity contribution in [2.75, 3.05) is 6.54 Å². The third-order valence-electron chi connectivity index (χ3n) is 6.50. The van der Waals surface area contributed by atoms with Gasteiger partial charge < -0.3 is 9.84 Å². The number of hydrogen-bond donors (Lipinski definition) is 1. The number of nitrogens with zero attached hydrogens (tertiary/aromatic N) is 1. The molecule has 0 spiro atoms. The van der Waals surface area contributed by atoms with Crippen LogP contribution in [0.25, 0.3) is 0 Å². The lowest BCUT2D eigenvalue weighted by atomic mass is 9.74. The van der Waals surface area contributed by atoms with Gasteiger partial charge in [0.05, 0.1) is 11.3 Å². The van der Waals surface area contributed by atoms with E-state index in [2.05, 4.69) is 29.2 Å². The first-order valence-corrected chi connectivity index (χ1v) is 12.0. The van der Waals surface area contributed by atoms with Crippen molar-refractivity contribution in [2.24, 2.45) is 11.3 Å². The predicted octanol–water partition coefficient (Wildman–Crippen LogP) is 5.68. The van der Waals surface area contributed by atoms with Crippen molar-refractivity contribution in [2.45, 2.75) is 71.6 Å². The van der Waals surface area contributed by atoms with E-state index >= 15 is 0 Å². The number of rotatable bonds is 10. The summed E-state index contributed by atoms with van der Waals surface area (Å²) in [5, 5.41) is 10.2. The van der Waals surface area contributed by atoms with Gasteiger partial charge >= 0.3 is 11.9 Å². The van der Waals surface area contributed by atoms with E-state index in [9.17, 15) is 14.7 Å². The van der Waals surface area contributed by atoms with Gasteiger partial charge in [0.25, 0.3) is 0 Å². The Morgan fingerprint density at radius 1 is 1.00 bits per heavy atom. The molecule has 3 rings (SSSR count). The number of carbonyl (C=O) groups excluding carboxylic acids is 1. The number of carbonyl (C=O) groups is 2. The minimum atomic E-state index is -1.03. The quantitative estimate of drug-likeness (QED) is 0.471. The normalized spacial score (nSPS) is 20.7. The Morgan fingerprint density at radius 3 is 2.03 bits per heavy atom. The lowest BCUT2D eigenvalue weighted by Crippen LogP contribution is -2.42. The summed E-state index contributed by atoms with van der Waals surface area (Å²) < 4.78 is 5.60. The molecule has 1 aliphatic rings. The fourth-order valence-corrected chi connectivity index (χ4v) is 4.97. The number of carboxylic acids is 1. The van der Waals surface area contributed by atoms with Crippen LogP contribution < -0.4 is 0 Å². The fourth-order valence-electron chi connectivity index (χ4n) is 4.97. The number of benzene rings is 2. The standard InChI is InChI=1S/C28H37NO4/c1-27(2,3)33-25(30)24-16-10-17-28(24,26(31)32)18-11-19-29(20-22-12-6-4-7-13-22)21-23-14-8-5-9-15-23/h4-9,12-15,24H,10-11,16-21H2,1-3H3,(H,31,32). The third-order valence-corrected chi connectivity index (χ3v) is 6.50. The minimum Gasteiger partial charge on any atom is -0.481 e. The van der Waals surface area contributed by atoms with Crippen molar-refractivity contribution in [3.8, 4) is 0 Å². The molecule has 178 valence electrons. The van der Waals surface area contributed by atoms with Crippen LogP contribution in [0, 0.1) is 11.3 Å². The van der Waals surface area contributed by atoms with E-state index < -0.39 is 22.9 Å². The molecule has 5 heteroatoms. The average Bonchev–Trinajstić information content (AvgIpc) is 3.19. The molecular formula is C28H37NO4. The second-order valence-electron chi connectivity index (χ2n) is 10.2. The Morgan fingerprint density at radius 2 is 1.55 bits per heavy atom. The summed E-state index contributed by atoms with van der Waals surface area (Å²) in [5.41, 5.74) is 0.808. The van der Waals surface area contributed by atoms with Crippen molar-refractivity contribution in [1.29, 1.82) is 0 Å². The van der Waals surface area contributed by atoms with Crippen LogP contribution in [0.1, 0.15) is 64.0 Å². The van der Waals surface area contributed by atoms with Crippen LogP contribution in [-0.2, 0) is 27.4 Å². The second-order valence-corrected chi connectivity index (χ2v) is 10.2. The molecule has 0 radical (unpaired) electrons. The van der Waals surface area contributed by atoms with Crippen LogP contribution in [0.5, 0.6) is 0 Å². The number of carboxylic acid groups (broad SMARTS) is 1. The molecular weight excluding hydrogens is 414 g/mol. The number of ether oxygens (including phenoxy) is 1. The Balaban J connectivity index is 1.70. The molecule has 2 aromatic carbocycles. The zero-order valence-corrected chi connectivity index (χ0v) is 20.1. The van der Waals surface area contributed by atoms with Crippen LogP contribution in [0.2, 0.25) is 0 Å². The molecule has 1 aliphatic carbocycles. The number of hydrogen-bond acceptors (Lipinski definition) is 4. The Kier molecular flexibility index (Phi) is 8.30. The first kappa shape index (κ1) is 25.0. The smallest absolute Gasteiger partial charge is 0.310 e. The molecule has 0 aliphatic heterocycles. The van der Waals surface area contributed by atoms with Crippen LogP contribution in [0.4, 0.5) is 0 Å². The summed E-state index contributed by atoms with van der Waals surface area (Å²) in [6, 6.07) is 20.7. The SMILES string of the molecule is CC(C)(C)OC(=O)C1CCCC1(CCCN(Cc1ccccc1)Cc1ccccc1)C(=O)O. The van der Waals surface area contributed by atoms with Gasteiger partial charge in [0.1, 0.15) is 5.60 Å². The van der Waals surface area contributed by atoms with Crippen molar-refractivity contribution < 1.29 is 19.4 Å². The van der Waals surface area contributed by atoms with Gasteiger partial charge in [0, 0.05) is 13.1 Å². The molecule has 33 heavy (non-hydrogen) atoms. The van der Waals surface area contributed by atoms with Gasteiger partial charge in [0.15, 0.2) is 0 Å². The highest BCUT2D eigenvalue weighted by Crippen LogP contribution is 2.48. The van der Waals surface area contributed by atoms with Crippen molar-refractivity contribution >= 4 is 11.9 Å². The molecule has 0 saturated heterocycles. The Labute approximate surface area is 197 Å².